The fourth-order valence-corrected chi connectivity index (χ4v) is 7.01. The SMILES string of the molecule is COc1cc(C)c(S(=O)(=O)NC(N)=NCCC[C@H](NC(=O)[C@H](Cc2ccccc2)NC(=O)[C@@H](N)Cc2ccccc2)C(=O)CCl)c(C)c1C. The van der Waals surface area contributed by atoms with E-state index in [4.69, 9.17) is 27.8 Å². The van der Waals surface area contributed by atoms with Gasteiger partial charge in [0.05, 0.1) is 30.0 Å². The van der Waals surface area contributed by atoms with Crippen molar-refractivity contribution >= 4 is 45.2 Å². The molecule has 3 aromatic rings. The number of sulfonamides is 1. The molecule has 0 unspecified atom stereocenters. The van der Waals surface area contributed by atoms with E-state index < -0.39 is 45.7 Å². The van der Waals surface area contributed by atoms with E-state index in [1.54, 1.807) is 26.8 Å². The fourth-order valence-electron chi connectivity index (χ4n) is 5.34. The molecule has 2 amide bonds. The number of nitrogens with two attached hydrogens (primary N) is 2. The summed E-state index contributed by atoms with van der Waals surface area (Å²) in [6.45, 7) is 5.16. The smallest absolute Gasteiger partial charge is 0.264 e. The van der Waals surface area contributed by atoms with Crippen molar-refractivity contribution in [1.29, 1.82) is 0 Å². The summed E-state index contributed by atoms with van der Waals surface area (Å²) in [5.74, 6) is -1.63. The van der Waals surface area contributed by atoms with E-state index in [0.29, 0.717) is 22.4 Å². The van der Waals surface area contributed by atoms with Crippen LogP contribution in [0.2, 0.25) is 0 Å². The predicted octanol–water partition coefficient (Wildman–Crippen LogP) is 2.58. The van der Waals surface area contributed by atoms with Gasteiger partial charge in [-0.25, -0.2) is 13.1 Å². The molecule has 0 saturated heterocycles. The molecule has 0 spiro atoms. The Kier molecular flexibility index (Phi) is 14.6. The Hall–Kier alpha value is -4.46. The Morgan fingerprint density at radius 1 is 0.878 bits per heavy atom. The molecule has 0 aliphatic heterocycles. The molecule has 0 aromatic heterocycles. The molecule has 0 bridgehead atoms. The number of ketones is 1. The molecule has 0 aliphatic rings. The molecule has 12 nitrogen and oxygen atoms in total. The lowest BCUT2D eigenvalue weighted by Gasteiger charge is -2.24. The number of carbonyl (C=O) groups excluding carboxylic acids is 3. The lowest BCUT2D eigenvalue weighted by atomic mass is 10.0. The number of rotatable bonds is 17. The number of alkyl halides is 1. The van der Waals surface area contributed by atoms with Crippen LogP contribution in [0.3, 0.4) is 0 Å². The van der Waals surface area contributed by atoms with Crippen LogP contribution < -0.4 is 31.6 Å². The van der Waals surface area contributed by atoms with Gasteiger partial charge in [0.2, 0.25) is 17.8 Å². The van der Waals surface area contributed by atoms with Crippen molar-refractivity contribution < 1.29 is 27.5 Å². The number of hydrogen-bond donors (Lipinski definition) is 5. The standard InChI is InChI=1S/C35H45ClN6O6S/c1-22-18-31(48-4)23(2)24(3)32(22)49(46,47)42-35(38)39-17-11-16-28(30(43)21-36)40-34(45)29(20-26-14-9-6-10-15-26)41-33(44)27(37)19-25-12-7-5-8-13-25/h5-10,12-15,18,27-29H,11,16-17,19-21,37H2,1-4H3,(H,40,45)(H,41,44)(H3,38,39,42)/t27-,28-,29-/m0/s1. The van der Waals surface area contributed by atoms with Crippen molar-refractivity contribution in [2.24, 2.45) is 16.5 Å². The number of carbonyl (C=O) groups is 3. The molecule has 0 heterocycles. The minimum absolute atomic E-state index is 0.0500. The zero-order valence-electron chi connectivity index (χ0n) is 28.2. The molecule has 0 radical (unpaired) electrons. The van der Waals surface area contributed by atoms with Crippen LogP contribution in [0.4, 0.5) is 0 Å². The van der Waals surface area contributed by atoms with Gasteiger partial charge in [0.15, 0.2) is 5.78 Å². The summed E-state index contributed by atoms with van der Waals surface area (Å²) in [6.07, 6.45) is 0.827. The molecule has 0 fully saturated rings. The van der Waals surface area contributed by atoms with Crippen molar-refractivity contribution in [2.75, 3.05) is 19.5 Å². The van der Waals surface area contributed by atoms with Gasteiger partial charge in [-0.05, 0) is 73.9 Å². The van der Waals surface area contributed by atoms with E-state index in [1.165, 1.54) is 7.11 Å². The van der Waals surface area contributed by atoms with Crippen molar-refractivity contribution in [1.82, 2.24) is 15.4 Å². The van der Waals surface area contributed by atoms with Gasteiger partial charge in [-0.3, -0.25) is 19.4 Å². The monoisotopic (exact) mass is 712 g/mol. The second kappa shape index (κ2) is 18.3. The average molecular weight is 713 g/mol. The first-order valence-corrected chi connectivity index (χ1v) is 17.8. The highest BCUT2D eigenvalue weighted by Gasteiger charge is 2.28. The largest absolute Gasteiger partial charge is 0.496 e. The highest BCUT2D eigenvalue weighted by Crippen LogP contribution is 2.30. The molecule has 0 aliphatic carbocycles. The molecule has 3 atom stereocenters. The Morgan fingerprint density at radius 3 is 2.02 bits per heavy atom. The number of benzene rings is 3. The van der Waals surface area contributed by atoms with E-state index in [2.05, 4.69) is 20.3 Å². The Labute approximate surface area is 293 Å². The van der Waals surface area contributed by atoms with Crippen LogP contribution >= 0.6 is 11.6 Å². The van der Waals surface area contributed by atoms with E-state index in [0.717, 1.165) is 11.1 Å². The van der Waals surface area contributed by atoms with E-state index in [1.807, 2.05) is 60.7 Å². The van der Waals surface area contributed by atoms with Gasteiger partial charge in [0, 0.05) is 13.0 Å². The summed E-state index contributed by atoms with van der Waals surface area (Å²) in [4.78, 5) is 43.6. The highest BCUT2D eigenvalue weighted by molar-refractivity contribution is 7.90. The maximum absolute atomic E-state index is 13.6. The maximum Gasteiger partial charge on any atom is 0.264 e. The Morgan fingerprint density at radius 2 is 1.45 bits per heavy atom. The van der Waals surface area contributed by atoms with Gasteiger partial charge >= 0.3 is 0 Å². The van der Waals surface area contributed by atoms with Gasteiger partial charge in [-0.15, -0.1) is 11.6 Å². The van der Waals surface area contributed by atoms with Gasteiger partial charge in [0.25, 0.3) is 10.0 Å². The van der Waals surface area contributed by atoms with Gasteiger partial charge in [0.1, 0.15) is 11.8 Å². The first kappa shape index (κ1) is 39.0. The van der Waals surface area contributed by atoms with Gasteiger partial charge in [-0.2, -0.15) is 0 Å². The number of guanidine groups is 1. The van der Waals surface area contributed by atoms with Crippen LogP contribution in [0.25, 0.3) is 0 Å². The molecular formula is C35H45ClN6O6S. The quantitative estimate of drug-likeness (QED) is 0.0610. The van der Waals surface area contributed by atoms with Crippen molar-refractivity contribution in [2.45, 2.75) is 69.5 Å². The number of aryl methyl sites for hydroxylation is 1. The van der Waals surface area contributed by atoms with Crippen LogP contribution in [-0.4, -0.2) is 69.6 Å². The number of hydrogen-bond acceptors (Lipinski definition) is 8. The first-order valence-electron chi connectivity index (χ1n) is 15.8. The molecule has 0 saturated carbocycles. The lowest BCUT2D eigenvalue weighted by molar-refractivity contribution is -0.131. The summed E-state index contributed by atoms with van der Waals surface area (Å²) in [5.41, 5.74) is 15.5. The summed E-state index contributed by atoms with van der Waals surface area (Å²) in [6, 6.07) is 17.1. The molecule has 3 rings (SSSR count). The summed E-state index contributed by atoms with van der Waals surface area (Å²) in [7, 11) is -2.54. The molecule has 3 aromatic carbocycles. The number of amides is 2. The van der Waals surface area contributed by atoms with Crippen LogP contribution in [-0.2, 0) is 37.2 Å². The van der Waals surface area contributed by atoms with Crippen LogP contribution in [0, 0.1) is 20.8 Å². The fraction of sp³-hybridized carbons (Fsp3) is 0.371. The van der Waals surface area contributed by atoms with Crippen molar-refractivity contribution in [3.63, 3.8) is 0 Å². The zero-order valence-corrected chi connectivity index (χ0v) is 29.7. The summed E-state index contributed by atoms with van der Waals surface area (Å²) >= 11 is 5.87. The number of aliphatic imine (C=N–C) groups is 1. The number of nitrogens with zero attached hydrogens (tertiary/aromatic N) is 1. The Balaban J connectivity index is 1.67. The summed E-state index contributed by atoms with van der Waals surface area (Å²) in [5, 5.41) is 5.48. The van der Waals surface area contributed by atoms with Crippen LogP contribution in [0.15, 0.2) is 76.6 Å². The van der Waals surface area contributed by atoms with Crippen LogP contribution in [0.1, 0.15) is 40.7 Å². The minimum Gasteiger partial charge on any atom is -0.496 e. The van der Waals surface area contributed by atoms with E-state index in [9.17, 15) is 22.8 Å². The number of ether oxygens (including phenoxy) is 1. The first-order chi connectivity index (χ1) is 23.3. The topological polar surface area (TPSA) is 195 Å². The summed E-state index contributed by atoms with van der Waals surface area (Å²) < 4.78 is 34.0. The third-order valence-corrected chi connectivity index (χ3v) is 9.93. The molecular weight excluding hydrogens is 668 g/mol. The molecule has 49 heavy (non-hydrogen) atoms. The highest BCUT2D eigenvalue weighted by atomic mass is 35.5. The predicted molar refractivity (Wildman–Crippen MR) is 191 cm³/mol. The van der Waals surface area contributed by atoms with E-state index >= 15 is 0 Å². The lowest BCUT2D eigenvalue weighted by Crippen LogP contribution is -2.55. The Bertz CT molecular complexity index is 1740. The molecule has 14 heteroatoms. The molecule has 264 valence electrons. The average Bonchev–Trinajstić information content (AvgIpc) is 3.07. The normalized spacial score (nSPS) is 13.6. The maximum atomic E-state index is 13.6. The number of methoxy groups -OCH3 is 1. The number of nitrogens with one attached hydrogen (secondary N) is 3. The third kappa shape index (κ3) is 11.3. The van der Waals surface area contributed by atoms with Crippen molar-refractivity contribution in [3.8, 4) is 5.75 Å². The number of halogens is 1. The minimum atomic E-state index is -4.06. The van der Waals surface area contributed by atoms with Gasteiger partial charge < -0.3 is 26.8 Å². The number of Topliss-reactive ketones (excluding diaryl/α,β-unsaturated/α-hetero) is 1. The van der Waals surface area contributed by atoms with Crippen LogP contribution in [0.5, 0.6) is 5.75 Å². The van der Waals surface area contributed by atoms with E-state index in [-0.39, 0.29) is 49.0 Å². The third-order valence-electron chi connectivity index (χ3n) is 8.03. The molecule has 7 N–H and O–H groups in total. The second-order valence-electron chi connectivity index (χ2n) is 11.7. The second-order valence-corrected chi connectivity index (χ2v) is 13.6. The van der Waals surface area contributed by atoms with Gasteiger partial charge in [-0.1, -0.05) is 60.7 Å². The van der Waals surface area contributed by atoms with Crippen molar-refractivity contribution in [3.05, 3.63) is 94.5 Å². The zero-order chi connectivity index (χ0) is 36.1.